The highest BCUT2D eigenvalue weighted by Gasteiger charge is 2.31. The Labute approximate surface area is 199 Å². The van der Waals surface area contributed by atoms with Crippen LogP contribution in [0.1, 0.15) is 13.8 Å². The van der Waals surface area contributed by atoms with E-state index in [-0.39, 0.29) is 42.6 Å². The van der Waals surface area contributed by atoms with Gasteiger partial charge in [0.2, 0.25) is 11.8 Å². The van der Waals surface area contributed by atoms with Crippen molar-refractivity contribution < 1.29 is 23.5 Å². The molecule has 0 saturated carbocycles. The molecule has 1 atom stereocenters. The predicted octanol–water partition coefficient (Wildman–Crippen LogP) is 2.13. The maximum absolute atomic E-state index is 13.1. The van der Waals surface area contributed by atoms with Gasteiger partial charge in [-0.1, -0.05) is 32.0 Å². The Morgan fingerprint density at radius 2 is 1.59 bits per heavy atom. The number of nitrogens with zero attached hydrogens (tertiary/aromatic N) is 2. The second kappa shape index (κ2) is 12.1. The summed E-state index contributed by atoms with van der Waals surface area (Å²) < 4.78 is 18.5. The van der Waals surface area contributed by atoms with Crippen LogP contribution in [0.3, 0.4) is 0 Å². The zero-order valence-corrected chi connectivity index (χ0v) is 19.5. The van der Waals surface area contributed by atoms with Crippen LogP contribution in [-0.4, -0.2) is 72.9 Å². The Morgan fingerprint density at radius 1 is 0.941 bits per heavy atom. The van der Waals surface area contributed by atoms with E-state index in [0.29, 0.717) is 37.6 Å². The van der Waals surface area contributed by atoms with Gasteiger partial charge in [-0.05, 0) is 42.3 Å². The third-order valence-corrected chi connectivity index (χ3v) is 5.54. The zero-order chi connectivity index (χ0) is 24.5. The van der Waals surface area contributed by atoms with Crippen LogP contribution in [0.15, 0.2) is 54.6 Å². The highest BCUT2D eigenvalue weighted by molar-refractivity contribution is 5.92. The molecule has 0 aliphatic carbocycles. The molecule has 0 aromatic heterocycles. The summed E-state index contributed by atoms with van der Waals surface area (Å²) in [6.07, 6.45) is 0. The van der Waals surface area contributed by atoms with Gasteiger partial charge in [0.1, 0.15) is 17.6 Å². The average Bonchev–Trinajstić information content (AvgIpc) is 2.83. The largest absolute Gasteiger partial charge is 0.484 e. The number of amides is 3. The van der Waals surface area contributed by atoms with Gasteiger partial charge in [-0.15, -0.1) is 0 Å². The molecule has 0 spiro atoms. The first-order valence-electron chi connectivity index (χ1n) is 11.4. The second-order valence-electron chi connectivity index (χ2n) is 8.55. The van der Waals surface area contributed by atoms with Gasteiger partial charge in [-0.25, -0.2) is 4.39 Å². The molecular formula is C25H31FN4O4. The number of carbonyl (C=O) groups is 3. The molecular weight excluding hydrogens is 439 g/mol. The summed E-state index contributed by atoms with van der Waals surface area (Å²) in [5.41, 5.74) is 0.534. The highest BCUT2D eigenvalue weighted by atomic mass is 19.1. The number of halogens is 1. The fourth-order valence-corrected chi connectivity index (χ4v) is 3.65. The lowest BCUT2D eigenvalue weighted by Gasteiger charge is -2.37. The standard InChI is InChI=1S/C25H31FN4O4/c1-18(2)24(28-23(32)17-34-21-6-4-3-5-7-21)25(33)30-14-12-29(13-15-30)16-22(31)27-20-10-8-19(26)9-11-20/h3-11,18,24H,12-17H2,1-2H3,(H,27,31)(H,28,32)/t24-/m0/s1. The SMILES string of the molecule is CC(C)[C@H](NC(=O)COc1ccccc1)C(=O)N1CCN(CC(=O)Nc2ccc(F)cc2)CC1. The summed E-state index contributed by atoms with van der Waals surface area (Å²) in [5, 5.41) is 5.54. The zero-order valence-electron chi connectivity index (χ0n) is 19.5. The number of carbonyl (C=O) groups excluding carboxylic acids is 3. The number of para-hydroxylation sites is 1. The van der Waals surface area contributed by atoms with E-state index < -0.39 is 6.04 Å². The fourth-order valence-electron chi connectivity index (χ4n) is 3.65. The molecule has 0 radical (unpaired) electrons. The van der Waals surface area contributed by atoms with Crippen LogP contribution >= 0.6 is 0 Å². The van der Waals surface area contributed by atoms with Gasteiger partial charge in [-0.3, -0.25) is 19.3 Å². The van der Waals surface area contributed by atoms with E-state index in [9.17, 15) is 18.8 Å². The molecule has 0 bridgehead atoms. The maximum Gasteiger partial charge on any atom is 0.258 e. The molecule has 1 heterocycles. The van der Waals surface area contributed by atoms with Crippen molar-refractivity contribution in [3.8, 4) is 5.75 Å². The minimum atomic E-state index is -0.653. The van der Waals surface area contributed by atoms with E-state index in [1.807, 2.05) is 36.9 Å². The molecule has 34 heavy (non-hydrogen) atoms. The topological polar surface area (TPSA) is 91.0 Å². The number of benzene rings is 2. The van der Waals surface area contributed by atoms with Crippen molar-refractivity contribution in [2.75, 3.05) is 44.6 Å². The lowest BCUT2D eigenvalue weighted by Crippen LogP contribution is -2.57. The number of anilines is 1. The normalized spacial score (nSPS) is 15.0. The third kappa shape index (κ3) is 7.55. The van der Waals surface area contributed by atoms with Crippen LogP contribution in [0.25, 0.3) is 0 Å². The summed E-state index contributed by atoms with van der Waals surface area (Å²) in [7, 11) is 0. The quantitative estimate of drug-likeness (QED) is 0.586. The smallest absolute Gasteiger partial charge is 0.258 e. The lowest BCUT2D eigenvalue weighted by atomic mass is 10.0. The van der Waals surface area contributed by atoms with Crippen molar-refractivity contribution in [1.29, 1.82) is 0 Å². The first-order valence-corrected chi connectivity index (χ1v) is 11.4. The molecule has 1 saturated heterocycles. The molecule has 8 nitrogen and oxygen atoms in total. The fraction of sp³-hybridized carbons (Fsp3) is 0.400. The van der Waals surface area contributed by atoms with Gasteiger partial charge in [-0.2, -0.15) is 0 Å². The molecule has 3 rings (SSSR count). The number of ether oxygens (including phenoxy) is 1. The summed E-state index contributed by atoms with van der Waals surface area (Å²) in [4.78, 5) is 41.4. The first-order chi connectivity index (χ1) is 16.3. The molecule has 1 aliphatic heterocycles. The van der Waals surface area contributed by atoms with Crippen molar-refractivity contribution in [2.24, 2.45) is 5.92 Å². The number of hydrogen-bond donors (Lipinski definition) is 2. The number of nitrogens with one attached hydrogen (secondary N) is 2. The summed E-state index contributed by atoms with van der Waals surface area (Å²) >= 11 is 0. The maximum atomic E-state index is 13.1. The molecule has 9 heteroatoms. The van der Waals surface area contributed by atoms with Crippen LogP contribution in [0, 0.1) is 11.7 Å². The van der Waals surface area contributed by atoms with Gasteiger partial charge in [0.25, 0.3) is 5.91 Å². The molecule has 2 aromatic carbocycles. The van der Waals surface area contributed by atoms with Crippen LogP contribution in [-0.2, 0) is 14.4 Å². The molecule has 2 aromatic rings. The molecule has 1 fully saturated rings. The highest BCUT2D eigenvalue weighted by Crippen LogP contribution is 2.12. The van der Waals surface area contributed by atoms with Crippen molar-refractivity contribution in [2.45, 2.75) is 19.9 Å². The van der Waals surface area contributed by atoms with E-state index in [1.54, 1.807) is 17.0 Å². The van der Waals surface area contributed by atoms with Crippen LogP contribution in [0.5, 0.6) is 5.75 Å². The number of piperazine rings is 1. The average molecular weight is 471 g/mol. The minimum absolute atomic E-state index is 0.0901. The Hall–Kier alpha value is -3.46. The van der Waals surface area contributed by atoms with Crippen molar-refractivity contribution in [3.63, 3.8) is 0 Å². The number of hydrogen-bond acceptors (Lipinski definition) is 5. The van der Waals surface area contributed by atoms with Crippen molar-refractivity contribution in [1.82, 2.24) is 15.1 Å². The van der Waals surface area contributed by atoms with Gasteiger partial charge < -0.3 is 20.3 Å². The summed E-state index contributed by atoms with van der Waals surface area (Å²) in [6, 6.07) is 14.0. The Balaban J connectivity index is 1.44. The van der Waals surface area contributed by atoms with Crippen molar-refractivity contribution in [3.05, 3.63) is 60.4 Å². The van der Waals surface area contributed by atoms with Crippen molar-refractivity contribution >= 4 is 23.4 Å². The van der Waals surface area contributed by atoms with Gasteiger partial charge >= 0.3 is 0 Å². The number of rotatable bonds is 9. The van der Waals surface area contributed by atoms with E-state index in [1.165, 1.54) is 24.3 Å². The van der Waals surface area contributed by atoms with Gasteiger partial charge in [0.15, 0.2) is 6.61 Å². The van der Waals surface area contributed by atoms with Crippen LogP contribution < -0.4 is 15.4 Å². The minimum Gasteiger partial charge on any atom is -0.484 e. The van der Waals surface area contributed by atoms with E-state index in [2.05, 4.69) is 10.6 Å². The molecule has 3 amide bonds. The second-order valence-corrected chi connectivity index (χ2v) is 8.55. The van der Waals surface area contributed by atoms with Crippen LogP contribution in [0.4, 0.5) is 10.1 Å². The molecule has 0 unspecified atom stereocenters. The third-order valence-electron chi connectivity index (χ3n) is 5.54. The van der Waals surface area contributed by atoms with E-state index in [4.69, 9.17) is 4.74 Å². The summed E-state index contributed by atoms with van der Waals surface area (Å²) in [5.74, 6) is -0.557. The van der Waals surface area contributed by atoms with E-state index in [0.717, 1.165) is 0 Å². The van der Waals surface area contributed by atoms with E-state index >= 15 is 0 Å². The molecule has 2 N–H and O–H groups in total. The van der Waals surface area contributed by atoms with Gasteiger partial charge in [0, 0.05) is 31.9 Å². The molecule has 182 valence electrons. The van der Waals surface area contributed by atoms with Crippen LogP contribution in [0.2, 0.25) is 0 Å². The Kier molecular flexibility index (Phi) is 8.98. The molecule has 1 aliphatic rings. The first kappa shape index (κ1) is 25.2. The monoisotopic (exact) mass is 470 g/mol. The Bertz CT molecular complexity index is 961. The summed E-state index contributed by atoms with van der Waals surface area (Å²) in [6.45, 7) is 5.79. The predicted molar refractivity (Wildman–Crippen MR) is 127 cm³/mol. The lowest BCUT2D eigenvalue weighted by molar-refractivity contribution is -0.139. The Morgan fingerprint density at radius 3 is 2.21 bits per heavy atom. The van der Waals surface area contributed by atoms with Gasteiger partial charge in [0.05, 0.1) is 6.54 Å².